The van der Waals surface area contributed by atoms with Crippen LogP contribution in [0.1, 0.15) is 37.0 Å². The Morgan fingerprint density at radius 2 is 1.92 bits per heavy atom. The molecular formula is C18H28N2O3S. The molecule has 1 unspecified atom stereocenters. The van der Waals surface area contributed by atoms with E-state index in [4.69, 9.17) is 4.74 Å². The van der Waals surface area contributed by atoms with Crippen LogP contribution in [-0.2, 0) is 4.79 Å². The third-order valence-corrected chi connectivity index (χ3v) is 4.25. The molecule has 134 valence electrons. The molecule has 0 aromatic heterocycles. The topological polar surface area (TPSA) is 67.4 Å². The van der Waals surface area contributed by atoms with Crippen molar-refractivity contribution in [1.29, 1.82) is 0 Å². The first-order chi connectivity index (χ1) is 11.5. The first kappa shape index (κ1) is 20.4. The summed E-state index contributed by atoms with van der Waals surface area (Å²) in [4.78, 5) is 24.9. The van der Waals surface area contributed by atoms with E-state index in [1.54, 1.807) is 36.0 Å². The molecule has 6 heteroatoms. The molecule has 0 heterocycles. The molecule has 5 nitrogen and oxygen atoms in total. The lowest BCUT2D eigenvalue weighted by molar-refractivity contribution is -0.123. The van der Waals surface area contributed by atoms with Gasteiger partial charge < -0.3 is 15.4 Å². The van der Waals surface area contributed by atoms with Crippen LogP contribution in [0.15, 0.2) is 24.3 Å². The van der Waals surface area contributed by atoms with Gasteiger partial charge >= 0.3 is 0 Å². The van der Waals surface area contributed by atoms with Gasteiger partial charge in [-0.3, -0.25) is 9.59 Å². The van der Waals surface area contributed by atoms with E-state index in [0.717, 1.165) is 12.2 Å². The van der Waals surface area contributed by atoms with Gasteiger partial charge in [-0.1, -0.05) is 26.0 Å². The maximum absolute atomic E-state index is 12.5. The Bertz CT molecular complexity index is 535. The summed E-state index contributed by atoms with van der Waals surface area (Å²) in [6.45, 7) is 4.85. The van der Waals surface area contributed by atoms with Gasteiger partial charge in [0.15, 0.2) is 0 Å². The van der Waals surface area contributed by atoms with E-state index in [-0.39, 0.29) is 11.8 Å². The Hall–Kier alpha value is -1.69. The van der Waals surface area contributed by atoms with Crippen molar-refractivity contribution in [2.75, 3.05) is 25.7 Å². The predicted octanol–water partition coefficient (Wildman–Crippen LogP) is 2.71. The molecule has 0 aliphatic rings. The van der Waals surface area contributed by atoms with Crippen LogP contribution >= 0.6 is 11.8 Å². The molecule has 0 aliphatic heterocycles. The van der Waals surface area contributed by atoms with Gasteiger partial charge in [0.2, 0.25) is 5.91 Å². The van der Waals surface area contributed by atoms with E-state index in [2.05, 4.69) is 24.5 Å². The second-order valence-electron chi connectivity index (χ2n) is 5.98. The number of carbonyl (C=O) groups excluding carboxylic acids is 2. The highest BCUT2D eigenvalue weighted by Crippen LogP contribution is 2.17. The Kier molecular flexibility index (Phi) is 9.30. The molecular weight excluding hydrogens is 324 g/mol. The summed E-state index contributed by atoms with van der Waals surface area (Å²) in [5.74, 6) is 1.40. The number of nitrogens with one attached hydrogen (secondary N) is 2. The van der Waals surface area contributed by atoms with E-state index in [1.807, 2.05) is 6.26 Å². The summed E-state index contributed by atoms with van der Waals surface area (Å²) in [6.07, 6.45) is 3.49. The van der Waals surface area contributed by atoms with Gasteiger partial charge in [-0.15, -0.1) is 0 Å². The molecule has 1 aromatic carbocycles. The lowest BCUT2D eigenvalue weighted by Crippen LogP contribution is -2.47. The molecule has 1 atom stereocenters. The normalized spacial score (nSPS) is 11.9. The number of hydrogen-bond acceptors (Lipinski definition) is 4. The van der Waals surface area contributed by atoms with Gasteiger partial charge in [-0.2, -0.15) is 11.8 Å². The molecule has 0 saturated carbocycles. The lowest BCUT2D eigenvalue weighted by atomic mass is 10.1. The second kappa shape index (κ2) is 11.0. The summed E-state index contributed by atoms with van der Waals surface area (Å²) in [6, 6.07) is 6.46. The van der Waals surface area contributed by atoms with Crippen LogP contribution in [0, 0.1) is 5.92 Å². The Morgan fingerprint density at radius 3 is 2.54 bits per heavy atom. The summed E-state index contributed by atoms with van der Waals surface area (Å²) < 4.78 is 5.22. The number of ether oxygens (including phenoxy) is 1. The van der Waals surface area contributed by atoms with E-state index in [1.165, 1.54) is 7.11 Å². The molecule has 1 aromatic rings. The number of benzene rings is 1. The summed E-state index contributed by atoms with van der Waals surface area (Å²) in [7, 11) is 1.52. The van der Waals surface area contributed by atoms with E-state index >= 15 is 0 Å². The maximum atomic E-state index is 12.5. The standard InChI is InChI=1S/C18H28N2O3S/c1-13(2)9-11-19-18(22)15(10-12-24-4)20-17(21)14-7-5-6-8-16(14)23-3/h5-8,13,15H,9-12H2,1-4H3,(H,19,22)(H,20,21). The highest BCUT2D eigenvalue weighted by molar-refractivity contribution is 7.98. The third kappa shape index (κ3) is 6.83. The lowest BCUT2D eigenvalue weighted by Gasteiger charge is -2.19. The van der Waals surface area contributed by atoms with Crippen LogP contribution < -0.4 is 15.4 Å². The number of amides is 2. The zero-order valence-electron chi connectivity index (χ0n) is 14.9. The van der Waals surface area contributed by atoms with Crippen LogP contribution in [0.2, 0.25) is 0 Å². The summed E-state index contributed by atoms with van der Waals surface area (Å²) in [5.41, 5.74) is 0.434. The van der Waals surface area contributed by atoms with Crippen LogP contribution in [0.25, 0.3) is 0 Å². The van der Waals surface area contributed by atoms with E-state index in [9.17, 15) is 9.59 Å². The summed E-state index contributed by atoms with van der Waals surface area (Å²) >= 11 is 1.65. The number of thioether (sulfide) groups is 1. The third-order valence-electron chi connectivity index (χ3n) is 3.60. The molecule has 24 heavy (non-hydrogen) atoms. The van der Waals surface area contributed by atoms with Crippen LogP contribution in [-0.4, -0.2) is 43.5 Å². The second-order valence-corrected chi connectivity index (χ2v) is 6.97. The number of para-hydroxylation sites is 1. The fraction of sp³-hybridized carbons (Fsp3) is 0.556. The van der Waals surface area contributed by atoms with E-state index < -0.39 is 6.04 Å². The van der Waals surface area contributed by atoms with Crippen molar-refractivity contribution < 1.29 is 14.3 Å². The molecule has 0 bridgehead atoms. The van der Waals surface area contributed by atoms with Crippen LogP contribution in [0.5, 0.6) is 5.75 Å². The Morgan fingerprint density at radius 1 is 1.21 bits per heavy atom. The molecule has 0 aliphatic carbocycles. The van der Waals surface area contributed by atoms with Gasteiger partial charge in [0, 0.05) is 6.54 Å². The molecule has 0 fully saturated rings. The highest BCUT2D eigenvalue weighted by Gasteiger charge is 2.22. The van der Waals surface area contributed by atoms with Crippen molar-refractivity contribution >= 4 is 23.6 Å². The van der Waals surface area contributed by atoms with Gasteiger partial charge in [-0.05, 0) is 42.9 Å². The first-order valence-corrected chi connectivity index (χ1v) is 9.59. The minimum atomic E-state index is -0.540. The van der Waals surface area contributed by atoms with E-state index in [0.29, 0.717) is 30.2 Å². The van der Waals surface area contributed by atoms with Gasteiger partial charge in [0.25, 0.3) is 5.91 Å². The predicted molar refractivity (Wildman–Crippen MR) is 99.7 cm³/mol. The minimum absolute atomic E-state index is 0.132. The van der Waals surface area contributed by atoms with Gasteiger partial charge in [0.05, 0.1) is 12.7 Å². The molecule has 2 amide bonds. The van der Waals surface area contributed by atoms with Crippen molar-refractivity contribution in [2.45, 2.75) is 32.7 Å². The number of methoxy groups -OCH3 is 1. The van der Waals surface area contributed by atoms with Crippen LogP contribution in [0.4, 0.5) is 0 Å². The first-order valence-electron chi connectivity index (χ1n) is 8.20. The number of carbonyl (C=O) groups is 2. The number of hydrogen-bond donors (Lipinski definition) is 2. The molecule has 0 radical (unpaired) electrons. The molecule has 0 saturated heterocycles. The SMILES string of the molecule is COc1ccccc1C(=O)NC(CCSC)C(=O)NCCC(C)C. The fourth-order valence-corrected chi connectivity index (χ4v) is 2.65. The van der Waals surface area contributed by atoms with Crippen molar-refractivity contribution in [3.05, 3.63) is 29.8 Å². The monoisotopic (exact) mass is 352 g/mol. The van der Waals surface area contributed by atoms with Crippen molar-refractivity contribution in [3.63, 3.8) is 0 Å². The molecule has 2 N–H and O–H groups in total. The molecule has 1 rings (SSSR count). The van der Waals surface area contributed by atoms with Crippen molar-refractivity contribution in [1.82, 2.24) is 10.6 Å². The summed E-state index contributed by atoms with van der Waals surface area (Å²) in [5, 5.41) is 5.75. The fourth-order valence-electron chi connectivity index (χ4n) is 2.18. The zero-order chi connectivity index (χ0) is 17.9. The average molecular weight is 353 g/mol. The highest BCUT2D eigenvalue weighted by atomic mass is 32.2. The maximum Gasteiger partial charge on any atom is 0.255 e. The van der Waals surface area contributed by atoms with Gasteiger partial charge in [0.1, 0.15) is 11.8 Å². The van der Waals surface area contributed by atoms with Crippen molar-refractivity contribution in [3.8, 4) is 5.75 Å². The number of rotatable bonds is 10. The Balaban J connectivity index is 2.73. The van der Waals surface area contributed by atoms with Crippen LogP contribution in [0.3, 0.4) is 0 Å². The largest absolute Gasteiger partial charge is 0.496 e. The minimum Gasteiger partial charge on any atom is -0.496 e. The van der Waals surface area contributed by atoms with Crippen molar-refractivity contribution in [2.24, 2.45) is 5.92 Å². The quantitative estimate of drug-likeness (QED) is 0.679. The Labute approximate surface area is 148 Å². The smallest absolute Gasteiger partial charge is 0.255 e. The molecule has 0 spiro atoms. The zero-order valence-corrected chi connectivity index (χ0v) is 15.7. The van der Waals surface area contributed by atoms with Gasteiger partial charge in [-0.25, -0.2) is 0 Å². The average Bonchev–Trinajstić information content (AvgIpc) is 2.57.